The highest BCUT2D eigenvalue weighted by Gasteiger charge is 2.01. The fourth-order valence-electron chi connectivity index (χ4n) is 0.414. The van der Waals surface area contributed by atoms with E-state index in [1.807, 2.05) is 0 Å². The molecule has 4 nitrogen and oxygen atoms in total. The second kappa shape index (κ2) is 5.84. The first kappa shape index (κ1) is 10.1. The molecule has 0 aliphatic carbocycles. The Labute approximate surface area is 63.2 Å². The molecule has 0 aromatic carbocycles. The average Bonchev–Trinajstić information content (AvgIpc) is 1.97. The minimum atomic E-state index is -2.44. The summed E-state index contributed by atoms with van der Waals surface area (Å²) >= 11 is 0. The fourth-order valence-corrected chi connectivity index (χ4v) is 0.414. The molecule has 0 unspecified atom stereocenters. The van der Waals surface area contributed by atoms with Crippen molar-refractivity contribution in [2.24, 2.45) is 16.7 Å². The van der Waals surface area contributed by atoms with E-state index in [9.17, 15) is 8.78 Å². The third-order valence-electron chi connectivity index (χ3n) is 0.912. The van der Waals surface area contributed by atoms with Crippen LogP contribution < -0.4 is 11.6 Å². The van der Waals surface area contributed by atoms with Crippen molar-refractivity contribution in [2.45, 2.75) is 12.8 Å². The Bertz CT molecular complexity index is 129. The van der Waals surface area contributed by atoms with E-state index in [2.05, 4.69) is 9.84 Å². The van der Waals surface area contributed by atoms with Crippen molar-refractivity contribution in [3.63, 3.8) is 0 Å². The summed E-state index contributed by atoms with van der Waals surface area (Å²) in [5.41, 5.74) is 5.15. The Hall–Kier alpha value is -0.910. The first-order valence-corrected chi connectivity index (χ1v) is 3.05. The van der Waals surface area contributed by atoms with E-state index in [-0.39, 0.29) is 18.9 Å². The lowest BCUT2D eigenvalue weighted by atomic mass is 10.4. The molecule has 0 bridgehead atoms. The SMILES string of the molecule is NN=C(N)CCOCC(F)F. The molecule has 0 aliphatic heterocycles. The normalized spacial score (nSPS) is 12.5. The zero-order chi connectivity index (χ0) is 8.69. The van der Waals surface area contributed by atoms with Crippen LogP contribution in [-0.4, -0.2) is 25.5 Å². The smallest absolute Gasteiger partial charge is 0.261 e. The van der Waals surface area contributed by atoms with E-state index in [4.69, 9.17) is 11.6 Å². The van der Waals surface area contributed by atoms with Crippen LogP contribution in [0.5, 0.6) is 0 Å². The fraction of sp³-hybridized carbons (Fsp3) is 0.800. The van der Waals surface area contributed by atoms with E-state index >= 15 is 0 Å². The van der Waals surface area contributed by atoms with Gasteiger partial charge in [0.1, 0.15) is 12.4 Å². The van der Waals surface area contributed by atoms with Gasteiger partial charge in [-0.15, -0.1) is 0 Å². The van der Waals surface area contributed by atoms with Crippen molar-refractivity contribution < 1.29 is 13.5 Å². The van der Waals surface area contributed by atoms with Crippen molar-refractivity contribution in [3.8, 4) is 0 Å². The maximum atomic E-state index is 11.4. The Morgan fingerprint density at radius 2 is 2.18 bits per heavy atom. The molecule has 0 rings (SSSR count). The molecule has 0 radical (unpaired) electrons. The molecule has 0 spiro atoms. The van der Waals surface area contributed by atoms with Gasteiger partial charge in [-0.3, -0.25) is 0 Å². The molecule has 0 saturated heterocycles. The second-order valence-corrected chi connectivity index (χ2v) is 1.84. The predicted molar refractivity (Wildman–Crippen MR) is 37.2 cm³/mol. The monoisotopic (exact) mass is 167 g/mol. The van der Waals surface area contributed by atoms with Crippen molar-refractivity contribution in [1.82, 2.24) is 0 Å². The quantitative estimate of drug-likeness (QED) is 0.197. The zero-order valence-corrected chi connectivity index (χ0v) is 5.96. The second-order valence-electron chi connectivity index (χ2n) is 1.84. The van der Waals surface area contributed by atoms with Gasteiger partial charge in [-0.2, -0.15) is 5.10 Å². The summed E-state index contributed by atoms with van der Waals surface area (Å²) < 4.78 is 27.4. The summed E-state index contributed by atoms with van der Waals surface area (Å²) in [6.07, 6.45) is -2.16. The van der Waals surface area contributed by atoms with Crippen LogP contribution in [0.15, 0.2) is 5.10 Å². The zero-order valence-electron chi connectivity index (χ0n) is 5.96. The lowest BCUT2D eigenvalue weighted by Gasteiger charge is -2.01. The minimum absolute atomic E-state index is 0.122. The predicted octanol–water partition coefficient (Wildman–Crippen LogP) is -0.111. The molecular weight excluding hydrogens is 156 g/mol. The van der Waals surface area contributed by atoms with Crippen LogP contribution in [0.4, 0.5) is 8.78 Å². The lowest BCUT2D eigenvalue weighted by Crippen LogP contribution is -2.17. The van der Waals surface area contributed by atoms with Crippen LogP contribution in [0.1, 0.15) is 6.42 Å². The number of amidine groups is 1. The molecular formula is C5H11F2N3O. The van der Waals surface area contributed by atoms with Gasteiger partial charge in [0.05, 0.1) is 6.61 Å². The number of hydrogen-bond acceptors (Lipinski definition) is 3. The number of hydrogen-bond donors (Lipinski definition) is 2. The summed E-state index contributed by atoms with van der Waals surface area (Å²) in [6.45, 7) is -0.450. The summed E-state index contributed by atoms with van der Waals surface area (Å²) in [5, 5.41) is 3.13. The molecule has 6 heteroatoms. The van der Waals surface area contributed by atoms with Gasteiger partial charge < -0.3 is 16.3 Å². The van der Waals surface area contributed by atoms with Crippen LogP contribution in [0.2, 0.25) is 0 Å². The molecule has 0 amide bonds. The highest BCUT2D eigenvalue weighted by Crippen LogP contribution is 1.92. The Morgan fingerprint density at radius 1 is 1.55 bits per heavy atom. The summed E-state index contributed by atoms with van der Waals surface area (Å²) in [5.74, 6) is 4.97. The molecule has 0 saturated carbocycles. The van der Waals surface area contributed by atoms with Crippen molar-refractivity contribution >= 4 is 5.84 Å². The van der Waals surface area contributed by atoms with Gasteiger partial charge in [0.2, 0.25) is 0 Å². The topological polar surface area (TPSA) is 73.6 Å². The molecule has 11 heavy (non-hydrogen) atoms. The van der Waals surface area contributed by atoms with Crippen LogP contribution in [0.25, 0.3) is 0 Å². The first-order chi connectivity index (χ1) is 5.16. The number of ether oxygens (including phenoxy) is 1. The number of nitrogens with two attached hydrogens (primary N) is 2. The maximum Gasteiger partial charge on any atom is 0.261 e. The largest absolute Gasteiger partial charge is 0.386 e. The highest BCUT2D eigenvalue weighted by atomic mass is 19.3. The maximum absolute atomic E-state index is 11.4. The van der Waals surface area contributed by atoms with Gasteiger partial charge in [-0.1, -0.05) is 0 Å². The van der Waals surface area contributed by atoms with Crippen molar-refractivity contribution in [2.75, 3.05) is 13.2 Å². The average molecular weight is 167 g/mol. The minimum Gasteiger partial charge on any atom is -0.386 e. The van der Waals surface area contributed by atoms with Crippen LogP contribution in [0, 0.1) is 0 Å². The van der Waals surface area contributed by atoms with E-state index in [0.29, 0.717) is 0 Å². The summed E-state index contributed by atoms with van der Waals surface area (Å²) in [7, 11) is 0. The number of nitrogens with zero attached hydrogens (tertiary/aromatic N) is 1. The van der Waals surface area contributed by atoms with Gasteiger partial charge >= 0.3 is 0 Å². The molecule has 0 aromatic rings. The van der Waals surface area contributed by atoms with Crippen LogP contribution >= 0.6 is 0 Å². The molecule has 0 aromatic heterocycles. The Balaban J connectivity index is 3.15. The molecule has 0 heterocycles. The lowest BCUT2D eigenvalue weighted by molar-refractivity contribution is 0.0201. The number of hydrazone groups is 1. The Morgan fingerprint density at radius 3 is 2.64 bits per heavy atom. The van der Waals surface area contributed by atoms with Gasteiger partial charge in [-0.05, 0) is 0 Å². The third-order valence-corrected chi connectivity index (χ3v) is 0.912. The number of alkyl halides is 2. The molecule has 0 fully saturated rings. The Kier molecular flexibility index (Phi) is 5.36. The van der Waals surface area contributed by atoms with Crippen LogP contribution in [0.3, 0.4) is 0 Å². The number of rotatable bonds is 5. The van der Waals surface area contributed by atoms with Gasteiger partial charge in [0, 0.05) is 6.42 Å². The van der Waals surface area contributed by atoms with Gasteiger partial charge in [0.15, 0.2) is 0 Å². The number of halogens is 2. The van der Waals surface area contributed by atoms with Crippen molar-refractivity contribution in [3.05, 3.63) is 0 Å². The standard InChI is InChI=1S/C5H11F2N3O/c6-4(7)3-11-2-1-5(8)10-9/h4H,1-3,9H2,(H2,8,10). The van der Waals surface area contributed by atoms with E-state index < -0.39 is 13.0 Å². The molecule has 66 valence electrons. The van der Waals surface area contributed by atoms with Gasteiger partial charge in [0.25, 0.3) is 6.43 Å². The van der Waals surface area contributed by atoms with E-state index in [0.717, 1.165) is 0 Å². The summed E-state index contributed by atoms with van der Waals surface area (Å²) in [4.78, 5) is 0. The van der Waals surface area contributed by atoms with Crippen molar-refractivity contribution in [1.29, 1.82) is 0 Å². The molecule has 0 aliphatic rings. The first-order valence-electron chi connectivity index (χ1n) is 3.05. The van der Waals surface area contributed by atoms with E-state index in [1.165, 1.54) is 0 Å². The molecule has 4 N–H and O–H groups in total. The van der Waals surface area contributed by atoms with E-state index in [1.54, 1.807) is 0 Å². The summed E-state index contributed by atoms with van der Waals surface area (Å²) in [6, 6.07) is 0. The third kappa shape index (κ3) is 6.98. The molecule has 0 atom stereocenters. The van der Waals surface area contributed by atoms with Crippen LogP contribution in [-0.2, 0) is 4.74 Å². The van der Waals surface area contributed by atoms with Gasteiger partial charge in [-0.25, -0.2) is 8.78 Å². The highest BCUT2D eigenvalue weighted by molar-refractivity contribution is 5.79.